The van der Waals surface area contributed by atoms with Gasteiger partial charge in [0.1, 0.15) is 11.4 Å². The number of rotatable bonds is 0. The first-order valence-electron chi connectivity index (χ1n) is 6.13. The molecule has 1 spiro atoms. The third-order valence-corrected chi connectivity index (χ3v) is 4.04. The smallest absolute Gasteiger partial charge is 0.125 e. The monoisotopic (exact) mass is 252 g/mol. The first-order valence-corrected chi connectivity index (χ1v) is 6.51. The largest absolute Gasteiger partial charge is 0.487 e. The molecule has 3 N–H and O–H groups in total. The third-order valence-electron chi connectivity index (χ3n) is 3.80. The molecule has 0 unspecified atom stereocenters. The molecule has 0 saturated carbocycles. The number of hydrogen-bond donors (Lipinski definition) is 2. The van der Waals surface area contributed by atoms with E-state index in [1.54, 1.807) is 0 Å². The second-order valence-electron chi connectivity index (χ2n) is 5.03. The Hall–Kier alpha value is -0.770. The van der Waals surface area contributed by atoms with Gasteiger partial charge in [0.25, 0.3) is 0 Å². The molecule has 0 radical (unpaired) electrons. The Balaban J connectivity index is 1.94. The molecule has 1 fully saturated rings. The van der Waals surface area contributed by atoms with Crippen LogP contribution in [0.1, 0.15) is 30.9 Å². The second kappa shape index (κ2) is 4.16. The highest BCUT2D eigenvalue weighted by molar-refractivity contribution is 6.30. The Morgan fingerprint density at radius 3 is 2.88 bits per heavy atom. The molecule has 1 saturated heterocycles. The van der Waals surface area contributed by atoms with Gasteiger partial charge in [-0.05, 0) is 44.1 Å². The van der Waals surface area contributed by atoms with Crippen LogP contribution in [-0.4, -0.2) is 18.7 Å². The lowest BCUT2D eigenvalue weighted by Crippen LogP contribution is -2.50. The number of fused-ring (bicyclic) bond motifs is 1. The maximum atomic E-state index is 6.26. The van der Waals surface area contributed by atoms with Gasteiger partial charge in [0.15, 0.2) is 0 Å². The van der Waals surface area contributed by atoms with Gasteiger partial charge in [-0.1, -0.05) is 11.6 Å². The van der Waals surface area contributed by atoms with Crippen LogP contribution >= 0.6 is 11.6 Å². The molecule has 1 aromatic rings. The molecule has 1 aromatic carbocycles. The molecular formula is C13H17ClN2O. The average molecular weight is 253 g/mol. The third kappa shape index (κ3) is 2.03. The normalized spacial score (nSPS) is 26.4. The van der Waals surface area contributed by atoms with Crippen LogP contribution in [0.15, 0.2) is 18.2 Å². The van der Waals surface area contributed by atoms with Gasteiger partial charge in [0, 0.05) is 23.0 Å². The topological polar surface area (TPSA) is 47.3 Å². The minimum atomic E-state index is -0.0640. The van der Waals surface area contributed by atoms with E-state index in [1.807, 2.05) is 18.2 Å². The summed E-state index contributed by atoms with van der Waals surface area (Å²) < 4.78 is 6.21. The van der Waals surface area contributed by atoms with Crippen molar-refractivity contribution in [2.45, 2.75) is 30.9 Å². The maximum Gasteiger partial charge on any atom is 0.125 e. The number of hydrogen-bond acceptors (Lipinski definition) is 3. The molecule has 17 heavy (non-hydrogen) atoms. The van der Waals surface area contributed by atoms with Crippen molar-refractivity contribution in [2.75, 3.05) is 13.1 Å². The minimum Gasteiger partial charge on any atom is -0.487 e. The molecule has 0 amide bonds. The highest BCUT2D eigenvalue weighted by Crippen LogP contribution is 2.43. The molecule has 0 aliphatic carbocycles. The summed E-state index contributed by atoms with van der Waals surface area (Å²) in [4.78, 5) is 0. The van der Waals surface area contributed by atoms with Gasteiger partial charge in [-0.3, -0.25) is 0 Å². The molecule has 92 valence electrons. The minimum absolute atomic E-state index is 0.0375. The quantitative estimate of drug-likeness (QED) is 0.745. The average Bonchev–Trinajstić information content (AvgIpc) is 2.31. The fraction of sp³-hybridized carbons (Fsp3) is 0.538. The molecule has 1 atom stereocenters. The van der Waals surface area contributed by atoms with E-state index in [-0.39, 0.29) is 11.6 Å². The first kappa shape index (κ1) is 11.3. The Bertz CT molecular complexity index is 429. The second-order valence-corrected chi connectivity index (χ2v) is 5.46. The van der Waals surface area contributed by atoms with Gasteiger partial charge in [-0.15, -0.1) is 0 Å². The Morgan fingerprint density at radius 2 is 2.12 bits per heavy atom. The summed E-state index contributed by atoms with van der Waals surface area (Å²) in [6, 6.07) is 5.78. The highest BCUT2D eigenvalue weighted by Gasteiger charge is 2.40. The van der Waals surface area contributed by atoms with Crippen LogP contribution in [-0.2, 0) is 0 Å². The van der Waals surface area contributed by atoms with Crippen LogP contribution in [0.3, 0.4) is 0 Å². The molecule has 2 aliphatic heterocycles. The number of nitrogens with two attached hydrogens (primary N) is 1. The lowest BCUT2D eigenvalue weighted by atomic mass is 9.81. The van der Waals surface area contributed by atoms with E-state index in [1.165, 1.54) is 0 Å². The lowest BCUT2D eigenvalue weighted by Gasteiger charge is -2.43. The number of nitrogens with one attached hydrogen (secondary N) is 1. The van der Waals surface area contributed by atoms with Crippen LogP contribution < -0.4 is 15.8 Å². The van der Waals surface area contributed by atoms with Crippen molar-refractivity contribution in [1.82, 2.24) is 5.32 Å². The summed E-state index contributed by atoms with van der Waals surface area (Å²) in [5, 5.41) is 4.09. The Morgan fingerprint density at radius 1 is 1.35 bits per heavy atom. The Labute approximate surface area is 106 Å². The molecule has 2 heterocycles. The molecule has 3 nitrogen and oxygen atoms in total. The van der Waals surface area contributed by atoms with Crippen molar-refractivity contribution >= 4 is 11.6 Å². The number of benzene rings is 1. The van der Waals surface area contributed by atoms with E-state index in [0.717, 1.165) is 48.7 Å². The van der Waals surface area contributed by atoms with Crippen molar-refractivity contribution in [1.29, 1.82) is 0 Å². The van der Waals surface area contributed by atoms with Gasteiger partial charge < -0.3 is 15.8 Å². The van der Waals surface area contributed by atoms with Crippen molar-refractivity contribution < 1.29 is 4.74 Å². The van der Waals surface area contributed by atoms with E-state index in [4.69, 9.17) is 22.1 Å². The van der Waals surface area contributed by atoms with Crippen LogP contribution in [0.4, 0.5) is 0 Å². The molecule has 3 rings (SSSR count). The van der Waals surface area contributed by atoms with Crippen LogP contribution in [0.25, 0.3) is 0 Å². The van der Waals surface area contributed by atoms with E-state index in [2.05, 4.69) is 5.32 Å². The zero-order valence-electron chi connectivity index (χ0n) is 9.71. The standard InChI is InChI=1S/C13H17ClN2O/c14-9-1-2-12-10(7-9)11(15)8-13(17-12)3-5-16-6-4-13/h1-2,7,11,16H,3-6,8,15H2/t11-/m0/s1. The maximum absolute atomic E-state index is 6.26. The molecule has 0 bridgehead atoms. The zero-order chi connectivity index (χ0) is 11.9. The van der Waals surface area contributed by atoms with Crippen molar-refractivity contribution in [3.63, 3.8) is 0 Å². The van der Waals surface area contributed by atoms with Gasteiger partial charge in [-0.25, -0.2) is 0 Å². The van der Waals surface area contributed by atoms with Crippen LogP contribution in [0, 0.1) is 0 Å². The molecule has 4 heteroatoms. The Kier molecular flexibility index (Phi) is 2.77. The summed E-state index contributed by atoms with van der Waals surface area (Å²) >= 11 is 6.00. The predicted molar refractivity (Wildman–Crippen MR) is 68.5 cm³/mol. The summed E-state index contributed by atoms with van der Waals surface area (Å²) in [5.74, 6) is 0.912. The van der Waals surface area contributed by atoms with Gasteiger partial charge in [-0.2, -0.15) is 0 Å². The van der Waals surface area contributed by atoms with Crippen molar-refractivity contribution in [3.05, 3.63) is 28.8 Å². The van der Waals surface area contributed by atoms with E-state index >= 15 is 0 Å². The summed E-state index contributed by atoms with van der Waals surface area (Å²) in [6.07, 6.45) is 2.95. The van der Waals surface area contributed by atoms with E-state index < -0.39 is 0 Å². The van der Waals surface area contributed by atoms with Gasteiger partial charge in [0.05, 0.1) is 0 Å². The molecule has 2 aliphatic rings. The van der Waals surface area contributed by atoms with Crippen molar-refractivity contribution in [2.24, 2.45) is 5.73 Å². The van der Waals surface area contributed by atoms with E-state index in [0.29, 0.717) is 0 Å². The zero-order valence-corrected chi connectivity index (χ0v) is 10.5. The van der Waals surface area contributed by atoms with Crippen LogP contribution in [0.2, 0.25) is 5.02 Å². The fourth-order valence-corrected chi connectivity index (χ4v) is 3.06. The summed E-state index contributed by atoms with van der Waals surface area (Å²) in [5.41, 5.74) is 7.24. The summed E-state index contributed by atoms with van der Waals surface area (Å²) in [7, 11) is 0. The molecular weight excluding hydrogens is 236 g/mol. The first-order chi connectivity index (χ1) is 8.19. The number of halogens is 1. The van der Waals surface area contributed by atoms with Gasteiger partial charge >= 0.3 is 0 Å². The number of piperidine rings is 1. The number of ether oxygens (including phenoxy) is 1. The summed E-state index contributed by atoms with van der Waals surface area (Å²) in [6.45, 7) is 2.02. The SMILES string of the molecule is N[C@H]1CC2(CCNCC2)Oc2ccc(Cl)cc21. The lowest BCUT2D eigenvalue weighted by molar-refractivity contribution is 0.00793. The van der Waals surface area contributed by atoms with Crippen LogP contribution in [0.5, 0.6) is 5.75 Å². The predicted octanol–water partition coefficient (Wildman–Crippen LogP) is 2.24. The van der Waals surface area contributed by atoms with Crippen molar-refractivity contribution in [3.8, 4) is 5.75 Å². The van der Waals surface area contributed by atoms with E-state index in [9.17, 15) is 0 Å². The van der Waals surface area contributed by atoms with Gasteiger partial charge in [0.2, 0.25) is 0 Å². The highest BCUT2D eigenvalue weighted by atomic mass is 35.5. The molecule has 0 aromatic heterocycles. The fourth-order valence-electron chi connectivity index (χ4n) is 2.88.